The molecule has 0 radical (unpaired) electrons. The smallest absolute Gasteiger partial charge is 0.256 e. The summed E-state index contributed by atoms with van der Waals surface area (Å²) < 4.78 is 6.11. The minimum atomic E-state index is -1.15. The van der Waals surface area contributed by atoms with Gasteiger partial charge < -0.3 is 14.7 Å². The van der Waals surface area contributed by atoms with Crippen molar-refractivity contribution >= 4 is 5.91 Å². The van der Waals surface area contributed by atoms with Crippen LogP contribution in [-0.2, 0) is 21.7 Å². The summed E-state index contributed by atoms with van der Waals surface area (Å²) in [5, 5.41) is 10.3. The maximum absolute atomic E-state index is 12.6. The van der Waals surface area contributed by atoms with Crippen LogP contribution in [0, 0.1) is 0 Å². The number of piperidine rings is 1. The molecule has 1 spiro atoms. The molecule has 5 heteroatoms. The van der Waals surface area contributed by atoms with Crippen LogP contribution in [0.5, 0.6) is 0 Å². The van der Waals surface area contributed by atoms with Gasteiger partial charge in [-0.2, -0.15) is 0 Å². The first-order valence-corrected chi connectivity index (χ1v) is 8.29. The van der Waals surface area contributed by atoms with Crippen LogP contribution in [0.25, 0.3) is 0 Å². The molecule has 2 aliphatic heterocycles. The van der Waals surface area contributed by atoms with Gasteiger partial charge in [0.05, 0.1) is 12.2 Å². The second-order valence-corrected chi connectivity index (χ2v) is 6.45. The molecule has 0 saturated carbocycles. The fourth-order valence-corrected chi connectivity index (χ4v) is 3.74. The second-order valence-electron chi connectivity index (χ2n) is 6.45. The van der Waals surface area contributed by atoms with E-state index in [2.05, 4.69) is 17.1 Å². The van der Waals surface area contributed by atoms with E-state index < -0.39 is 6.10 Å². The second kappa shape index (κ2) is 6.00. The third-order valence-electron chi connectivity index (χ3n) is 5.13. The average molecular weight is 324 g/mol. The number of aliphatic hydroxyl groups is 1. The summed E-state index contributed by atoms with van der Waals surface area (Å²) in [5.41, 5.74) is 2.76. The van der Waals surface area contributed by atoms with Crippen LogP contribution < -0.4 is 0 Å². The molecule has 24 heavy (non-hydrogen) atoms. The average Bonchev–Trinajstić information content (AvgIpc) is 3.01. The van der Waals surface area contributed by atoms with Crippen molar-refractivity contribution in [3.05, 3.63) is 65.5 Å². The molecule has 5 nitrogen and oxygen atoms in total. The van der Waals surface area contributed by atoms with E-state index in [0.29, 0.717) is 25.3 Å². The molecule has 124 valence electrons. The third kappa shape index (κ3) is 2.50. The topological polar surface area (TPSA) is 62.7 Å². The predicted molar refractivity (Wildman–Crippen MR) is 87.9 cm³/mol. The monoisotopic (exact) mass is 324 g/mol. The largest absolute Gasteiger partial charge is 0.378 e. The lowest BCUT2D eigenvalue weighted by atomic mass is 9.83. The van der Waals surface area contributed by atoms with Crippen molar-refractivity contribution in [3.63, 3.8) is 0 Å². The SMILES string of the molecule is O=C(C(O)c1cccnc1)N1CCC2(CC1)OCc1ccccc12. The number of carbonyl (C=O) groups is 1. The van der Waals surface area contributed by atoms with Gasteiger partial charge in [-0.25, -0.2) is 0 Å². The van der Waals surface area contributed by atoms with E-state index in [-0.39, 0.29) is 11.5 Å². The first-order valence-electron chi connectivity index (χ1n) is 8.29. The summed E-state index contributed by atoms with van der Waals surface area (Å²) in [7, 11) is 0. The normalized spacial score (nSPS) is 20.0. The van der Waals surface area contributed by atoms with Gasteiger partial charge in [0.1, 0.15) is 0 Å². The zero-order chi connectivity index (χ0) is 16.6. The summed E-state index contributed by atoms with van der Waals surface area (Å²) in [6.07, 6.45) is 3.53. The lowest BCUT2D eigenvalue weighted by molar-refractivity contribution is -0.147. The number of hydrogen-bond acceptors (Lipinski definition) is 4. The van der Waals surface area contributed by atoms with Crippen LogP contribution in [0.4, 0.5) is 0 Å². The molecule has 0 bridgehead atoms. The molecule has 2 aliphatic rings. The van der Waals surface area contributed by atoms with Crippen LogP contribution >= 0.6 is 0 Å². The minimum absolute atomic E-state index is 0.260. The Morgan fingerprint density at radius 3 is 2.75 bits per heavy atom. The Hall–Kier alpha value is -2.24. The molecular formula is C19H20N2O3. The van der Waals surface area contributed by atoms with Crippen molar-refractivity contribution in [2.75, 3.05) is 13.1 Å². The number of aliphatic hydroxyl groups excluding tert-OH is 1. The number of hydrogen-bond donors (Lipinski definition) is 1. The van der Waals surface area contributed by atoms with Crippen molar-refractivity contribution in [1.82, 2.24) is 9.88 Å². The van der Waals surface area contributed by atoms with Gasteiger partial charge in [0, 0.05) is 31.0 Å². The highest BCUT2D eigenvalue weighted by atomic mass is 16.5. The van der Waals surface area contributed by atoms with Gasteiger partial charge in [-0.05, 0) is 30.0 Å². The molecule has 2 aromatic rings. The van der Waals surface area contributed by atoms with Gasteiger partial charge >= 0.3 is 0 Å². The number of fused-ring (bicyclic) bond motifs is 2. The summed E-state index contributed by atoms with van der Waals surface area (Å²) in [6, 6.07) is 11.7. The Morgan fingerprint density at radius 2 is 2.00 bits per heavy atom. The van der Waals surface area contributed by atoms with Crippen molar-refractivity contribution in [3.8, 4) is 0 Å². The molecule has 1 aromatic carbocycles. The highest BCUT2D eigenvalue weighted by Crippen LogP contribution is 2.44. The quantitative estimate of drug-likeness (QED) is 0.919. The summed E-state index contributed by atoms with van der Waals surface area (Å²) in [6.45, 7) is 1.82. The molecule has 1 saturated heterocycles. The van der Waals surface area contributed by atoms with Crippen LogP contribution in [0.3, 0.4) is 0 Å². The standard InChI is InChI=1S/C19H20N2O3/c22-17(14-5-3-9-20-12-14)18(23)21-10-7-19(8-11-21)16-6-2-1-4-15(16)13-24-19/h1-6,9,12,17,22H,7-8,10-11,13H2. The molecule has 1 aromatic heterocycles. The molecule has 1 amide bonds. The first-order chi connectivity index (χ1) is 11.7. The van der Waals surface area contributed by atoms with Gasteiger partial charge in [-0.15, -0.1) is 0 Å². The summed E-state index contributed by atoms with van der Waals surface area (Å²) in [4.78, 5) is 18.2. The van der Waals surface area contributed by atoms with E-state index in [4.69, 9.17) is 4.74 Å². The maximum Gasteiger partial charge on any atom is 0.256 e. The molecule has 1 N–H and O–H groups in total. The number of rotatable bonds is 2. The minimum Gasteiger partial charge on any atom is -0.378 e. The number of aromatic nitrogens is 1. The first kappa shape index (κ1) is 15.3. The number of benzene rings is 1. The van der Waals surface area contributed by atoms with Crippen molar-refractivity contribution in [1.29, 1.82) is 0 Å². The van der Waals surface area contributed by atoms with Crippen LogP contribution in [-0.4, -0.2) is 34.0 Å². The Balaban J connectivity index is 1.46. The summed E-state index contributed by atoms with van der Waals surface area (Å²) >= 11 is 0. The number of amides is 1. The molecule has 3 heterocycles. The highest BCUT2D eigenvalue weighted by Gasteiger charge is 2.43. The molecule has 1 fully saturated rings. The maximum atomic E-state index is 12.6. The molecule has 4 rings (SSSR count). The molecule has 1 atom stereocenters. The van der Waals surface area contributed by atoms with Crippen LogP contribution in [0.15, 0.2) is 48.8 Å². The molecule has 1 unspecified atom stereocenters. The summed E-state index contributed by atoms with van der Waals surface area (Å²) in [5.74, 6) is -0.260. The highest BCUT2D eigenvalue weighted by molar-refractivity contribution is 5.82. The van der Waals surface area contributed by atoms with Crippen molar-refractivity contribution < 1.29 is 14.6 Å². The zero-order valence-corrected chi connectivity index (χ0v) is 13.4. The van der Waals surface area contributed by atoms with Gasteiger partial charge in [0.15, 0.2) is 6.10 Å². The lowest BCUT2D eigenvalue weighted by Gasteiger charge is -2.39. The number of nitrogens with zero attached hydrogens (tertiary/aromatic N) is 2. The van der Waals surface area contributed by atoms with E-state index >= 15 is 0 Å². The van der Waals surface area contributed by atoms with E-state index in [1.165, 1.54) is 17.3 Å². The Labute approximate surface area is 140 Å². The van der Waals surface area contributed by atoms with Crippen molar-refractivity contribution in [2.24, 2.45) is 0 Å². The third-order valence-corrected chi connectivity index (χ3v) is 5.13. The Morgan fingerprint density at radius 1 is 1.21 bits per heavy atom. The zero-order valence-electron chi connectivity index (χ0n) is 13.4. The van der Waals surface area contributed by atoms with E-state index in [1.54, 1.807) is 23.2 Å². The molecule has 0 aliphatic carbocycles. The number of carbonyl (C=O) groups excluding carboxylic acids is 1. The number of likely N-dealkylation sites (tertiary alicyclic amines) is 1. The fourth-order valence-electron chi connectivity index (χ4n) is 3.74. The van der Waals surface area contributed by atoms with Gasteiger partial charge in [0.25, 0.3) is 5.91 Å². The van der Waals surface area contributed by atoms with Gasteiger partial charge in [0.2, 0.25) is 0 Å². The van der Waals surface area contributed by atoms with Crippen LogP contribution in [0.1, 0.15) is 35.6 Å². The number of ether oxygens (including phenoxy) is 1. The van der Waals surface area contributed by atoms with Crippen molar-refractivity contribution in [2.45, 2.75) is 31.2 Å². The Kier molecular flexibility index (Phi) is 3.82. The van der Waals surface area contributed by atoms with Crippen LogP contribution in [0.2, 0.25) is 0 Å². The van der Waals surface area contributed by atoms with Gasteiger partial charge in [-0.3, -0.25) is 9.78 Å². The van der Waals surface area contributed by atoms with E-state index in [9.17, 15) is 9.90 Å². The fraction of sp³-hybridized carbons (Fsp3) is 0.368. The predicted octanol–water partition coefficient (Wildman–Crippen LogP) is 2.16. The van der Waals surface area contributed by atoms with E-state index in [1.807, 2.05) is 12.1 Å². The molecular weight excluding hydrogens is 304 g/mol. The number of pyridine rings is 1. The lowest BCUT2D eigenvalue weighted by Crippen LogP contribution is -2.46. The van der Waals surface area contributed by atoms with Gasteiger partial charge in [-0.1, -0.05) is 30.3 Å². The van der Waals surface area contributed by atoms with E-state index in [0.717, 1.165) is 12.8 Å². The Bertz CT molecular complexity index is 739.